The zero-order valence-electron chi connectivity index (χ0n) is 14.8. The molecule has 3 atom stereocenters. The van der Waals surface area contributed by atoms with Gasteiger partial charge in [-0.15, -0.1) is 12.4 Å². The lowest BCUT2D eigenvalue weighted by Gasteiger charge is -2.33. The van der Waals surface area contributed by atoms with Crippen molar-refractivity contribution in [3.8, 4) is 0 Å². The van der Waals surface area contributed by atoms with E-state index in [0.29, 0.717) is 38.1 Å². The summed E-state index contributed by atoms with van der Waals surface area (Å²) in [7, 11) is 0. The second kappa shape index (κ2) is 10.9. The molecule has 2 rings (SSSR count). The molecule has 7 heteroatoms. The van der Waals surface area contributed by atoms with Crippen molar-refractivity contribution in [1.29, 1.82) is 0 Å². The van der Waals surface area contributed by atoms with Crippen molar-refractivity contribution in [3.63, 3.8) is 0 Å². The summed E-state index contributed by atoms with van der Waals surface area (Å²) in [5.41, 5.74) is 5.42. The number of rotatable bonds is 6. The van der Waals surface area contributed by atoms with E-state index in [0.717, 1.165) is 25.8 Å². The largest absolute Gasteiger partial charge is 0.355 e. The van der Waals surface area contributed by atoms with Crippen molar-refractivity contribution < 1.29 is 9.59 Å². The number of amides is 2. The Morgan fingerprint density at radius 2 is 1.92 bits per heavy atom. The lowest BCUT2D eigenvalue weighted by atomic mass is 9.86. The summed E-state index contributed by atoms with van der Waals surface area (Å²) in [6, 6.07) is 0.324. The topological polar surface area (TPSA) is 87.5 Å². The van der Waals surface area contributed by atoms with E-state index in [2.05, 4.69) is 22.5 Å². The molecule has 0 aromatic heterocycles. The first kappa shape index (κ1) is 21.2. The molecular weight excluding hydrogens is 328 g/mol. The van der Waals surface area contributed by atoms with Gasteiger partial charge in [0.1, 0.15) is 0 Å². The van der Waals surface area contributed by atoms with Crippen LogP contribution in [0.4, 0.5) is 0 Å². The Hall–Kier alpha value is -0.850. The molecule has 0 bridgehead atoms. The molecule has 1 saturated carbocycles. The highest BCUT2D eigenvalue weighted by Crippen LogP contribution is 2.23. The van der Waals surface area contributed by atoms with Crippen LogP contribution in [0.3, 0.4) is 0 Å². The van der Waals surface area contributed by atoms with E-state index in [-0.39, 0.29) is 30.1 Å². The number of likely N-dealkylation sites (tertiary alicyclic amines) is 1. The maximum absolute atomic E-state index is 12.3. The highest BCUT2D eigenvalue weighted by molar-refractivity contribution is 5.85. The predicted molar refractivity (Wildman–Crippen MR) is 98.0 cm³/mol. The Morgan fingerprint density at radius 3 is 2.62 bits per heavy atom. The van der Waals surface area contributed by atoms with Gasteiger partial charge in [-0.1, -0.05) is 19.8 Å². The number of piperidine rings is 1. The van der Waals surface area contributed by atoms with Gasteiger partial charge < -0.3 is 16.4 Å². The summed E-state index contributed by atoms with van der Waals surface area (Å²) in [6.45, 7) is 5.19. The molecule has 0 aromatic carbocycles. The number of nitrogens with one attached hydrogen (secondary N) is 2. The minimum absolute atomic E-state index is 0. The molecule has 4 N–H and O–H groups in total. The fourth-order valence-electron chi connectivity index (χ4n) is 3.74. The summed E-state index contributed by atoms with van der Waals surface area (Å²) in [6.07, 6.45) is 6.65. The standard InChI is InChI=1S/C17H32N4O2.ClH/c1-13-5-2-3-7-15(13)20-16(22)12-21-10-4-6-14(11-21)17(23)19-9-8-18;/h13-15H,2-12,18H2,1H3,(H,19,23)(H,20,22);1H. The van der Waals surface area contributed by atoms with E-state index in [1.165, 1.54) is 19.3 Å². The zero-order valence-corrected chi connectivity index (χ0v) is 15.6. The Labute approximate surface area is 151 Å². The van der Waals surface area contributed by atoms with Crippen LogP contribution in [0.25, 0.3) is 0 Å². The van der Waals surface area contributed by atoms with E-state index >= 15 is 0 Å². The Morgan fingerprint density at radius 1 is 1.17 bits per heavy atom. The van der Waals surface area contributed by atoms with Gasteiger partial charge >= 0.3 is 0 Å². The van der Waals surface area contributed by atoms with Gasteiger partial charge in [-0.05, 0) is 38.1 Å². The van der Waals surface area contributed by atoms with E-state index in [9.17, 15) is 9.59 Å². The summed E-state index contributed by atoms with van der Waals surface area (Å²) < 4.78 is 0. The molecule has 1 aliphatic carbocycles. The summed E-state index contributed by atoms with van der Waals surface area (Å²) in [5, 5.41) is 6.05. The van der Waals surface area contributed by atoms with Gasteiger partial charge in [0.05, 0.1) is 12.5 Å². The Balaban J connectivity index is 0.00000288. The summed E-state index contributed by atoms with van der Waals surface area (Å²) in [5.74, 6) is 0.730. The van der Waals surface area contributed by atoms with Crippen LogP contribution in [0, 0.1) is 11.8 Å². The maximum atomic E-state index is 12.3. The molecule has 2 fully saturated rings. The first-order valence-electron chi connectivity index (χ1n) is 9.09. The monoisotopic (exact) mass is 360 g/mol. The van der Waals surface area contributed by atoms with Crippen molar-refractivity contribution in [3.05, 3.63) is 0 Å². The second-order valence-electron chi connectivity index (χ2n) is 7.09. The molecule has 24 heavy (non-hydrogen) atoms. The van der Waals surface area contributed by atoms with Crippen molar-refractivity contribution in [1.82, 2.24) is 15.5 Å². The van der Waals surface area contributed by atoms with Crippen LogP contribution in [-0.2, 0) is 9.59 Å². The van der Waals surface area contributed by atoms with Gasteiger partial charge in [-0.2, -0.15) is 0 Å². The average Bonchev–Trinajstić information content (AvgIpc) is 2.55. The van der Waals surface area contributed by atoms with Crippen LogP contribution >= 0.6 is 12.4 Å². The third-order valence-corrected chi connectivity index (χ3v) is 5.14. The minimum Gasteiger partial charge on any atom is -0.355 e. The number of halogens is 1. The lowest BCUT2D eigenvalue weighted by molar-refractivity contribution is -0.129. The number of carbonyl (C=O) groups is 2. The molecule has 0 radical (unpaired) electrons. The summed E-state index contributed by atoms with van der Waals surface area (Å²) >= 11 is 0. The molecule has 1 saturated heterocycles. The molecular formula is C17H33ClN4O2. The third kappa shape index (κ3) is 6.57. The summed E-state index contributed by atoms with van der Waals surface area (Å²) in [4.78, 5) is 26.5. The zero-order chi connectivity index (χ0) is 16.7. The van der Waals surface area contributed by atoms with Crippen LogP contribution in [0.2, 0.25) is 0 Å². The van der Waals surface area contributed by atoms with Gasteiger partial charge in [0, 0.05) is 25.7 Å². The third-order valence-electron chi connectivity index (χ3n) is 5.14. The lowest BCUT2D eigenvalue weighted by Crippen LogP contribution is -2.49. The van der Waals surface area contributed by atoms with Crippen LogP contribution in [0.15, 0.2) is 0 Å². The number of hydrogen-bond acceptors (Lipinski definition) is 4. The average molecular weight is 361 g/mol. The first-order valence-corrected chi connectivity index (χ1v) is 9.09. The van der Waals surface area contributed by atoms with Crippen LogP contribution < -0.4 is 16.4 Å². The predicted octanol–water partition coefficient (Wildman–Crippen LogP) is 0.890. The molecule has 2 amide bonds. The van der Waals surface area contributed by atoms with E-state index < -0.39 is 0 Å². The van der Waals surface area contributed by atoms with Crippen LogP contribution in [0.5, 0.6) is 0 Å². The van der Waals surface area contributed by atoms with Gasteiger partial charge in [-0.25, -0.2) is 0 Å². The van der Waals surface area contributed by atoms with E-state index in [1.54, 1.807) is 0 Å². The van der Waals surface area contributed by atoms with Gasteiger partial charge in [0.25, 0.3) is 0 Å². The molecule has 1 aliphatic heterocycles. The second-order valence-corrected chi connectivity index (χ2v) is 7.09. The highest BCUT2D eigenvalue weighted by atomic mass is 35.5. The van der Waals surface area contributed by atoms with E-state index in [1.807, 2.05) is 0 Å². The number of nitrogens with zero attached hydrogens (tertiary/aromatic N) is 1. The molecule has 140 valence electrons. The number of hydrogen-bond donors (Lipinski definition) is 3. The van der Waals surface area contributed by atoms with Crippen molar-refractivity contribution in [2.75, 3.05) is 32.7 Å². The van der Waals surface area contributed by atoms with Crippen molar-refractivity contribution >= 4 is 24.2 Å². The smallest absolute Gasteiger partial charge is 0.234 e. The minimum atomic E-state index is -0.0169. The van der Waals surface area contributed by atoms with Gasteiger partial charge in [0.2, 0.25) is 11.8 Å². The Kier molecular flexibility index (Phi) is 9.63. The molecule has 6 nitrogen and oxygen atoms in total. The maximum Gasteiger partial charge on any atom is 0.234 e. The molecule has 0 aromatic rings. The molecule has 3 unspecified atom stereocenters. The van der Waals surface area contributed by atoms with Gasteiger partial charge in [0.15, 0.2) is 0 Å². The molecule has 1 heterocycles. The van der Waals surface area contributed by atoms with E-state index in [4.69, 9.17) is 5.73 Å². The highest BCUT2D eigenvalue weighted by Gasteiger charge is 2.28. The van der Waals surface area contributed by atoms with Crippen LogP contribution in [-0.4, -0.2) is 55.5 Å². The molecule has 0 spiro atoms. The first-order chi connectivity index (χ1) is 11.1. The number of nitrogens with two attached hydrogens (primary N) is 1. The fourth-order valence-corrected chi connectivity index (χ4v) is 3.74. The fraction of sp³-hybridized carbons (Fsp3) is 0.882. The van der Waals surface area contributed by atoms with Gasteiger partial charge in [-0.3, -0.25) is 14.5 Å². The van der Waals surface area contributed by atoms with Crippen molar-refractivity contribution in [2.45, 2.75) is 51.5 Å². The number of carbonyl (C=O) groups excluding carboxylic acids is 2. The molecule has 2 aliphatic rings. The SMILES string of the molecule is CC1CCCCC1NC(=O)CN1CCCC(C(=O)NCCN)C1.Cl. The Bertz CT molecular complexity index is 408. The van der Waals surface area contributed by atoms with Crippen molar-refractivity contribution in [2.24, 2.45) is 17.6 Å². The normalized spacial score (nSPS) is 27.8. The van der Waals surface area contributed by atoms with Crippen LogP contribution in [0.1, 0.15) is 45.4 Å². The quantitative estimate of drug-likeness (QED) is 0.656.